The molecule has 2 aliphatic rings. The lowest BCUT2D eigenvalue weighted by Crippen LogP contribution is -2.54. The van der Waals surface area contributed by atoms with E-state index < -0.39 is 0 Å². The second kappa shape index (κ2) is 14.4. The van der Waals surface area contributed by atoms with Crippen molar-refractivity contribution < 1.29 is 9.53 Å². The molecule has 2 fully saturated rings. The van der Waals surface area contributed by atoms with Crippen molar-refractivity contribution in [3.63, 3.8) is 0 Å². The molecule has 0 aromatic heterocycles. The van der Waals surface area contributed by atoms with Crippen LogP contribution in [0, 0.1) is 11.8 Å². The number of ether oxygens (including phenoxy) is 1. The number of carbonyl (C=O) groups excluding carboxylic acids is 1. The van der Waals surface area contributed by atoms with Crippen LogP contribution in [-0.4, -0.2) is 87.7 Å². The van der Waals surface area contributed by atoms with Gasteiger partial charge in [-0.05, 0) is 24.7 Å². The molecule has 29 heavy (non-hydrogen) atoms. The number of guanidine groups is 1. The minimum atomic E-state index is 0. The number of hydrogen-bond acceptors (Lipinski definition) is 4. The van der Waals surface area contributed by atoms with Gasteiger partial charge >= 0.3 is 0 Å². The van der Waals surface area contributed by atoms with Gasteiger partial charge in [-0.2, -0.15) is 0 Å². The molecule has 2 heterocycles. The molecular weight excluding hydrogens is 481 g/mol. The highest BCUT2D eigenvalue weighted by Crippen LogP contribution is 2.22. The summed E-state index contributed by atoms with van der Waals surface area (Å²) in [6.07, 6.45) is 5.14. The average Bonchev–Trinajstić information content (AvgIpc) is 2.75. The molecule has 0 saturated carbocycles. The fourth-order valence-electron chi connectivity index (χ4n) is 4.58. The van der Waals surface area contributed by atoms with E-state index in [2.05, 4.69) is 39.3 Å². The van der Waals surface area contributed by atoms with Crippen molar-refractivity contribution in [2.75, 3.05) is 60.0 Å². The van der Waals surface area contributed by atoms with E-state index in [4.69, 9.17) is 4.74 Å². The Bertz CT molecular complexity index is 487. The Balaban J connectivity index is 0.00000420. The summed E-state index contributed by atoms with van der Waals surface area (Å²) in [5, 5.41) is 6.41. The number of nitrogens with one attached hydrogen (secondary N) is 2. The normalized spacial score (nSPS) is 20.3. The predicted molar refractivity (Wildman–Crippen MR) is 130 cm³/mol. The zero-order valence-corrected chi connectivity index (χ0v) is 21.1. The van der Waals surface area contributed by atoms with Crippen LogP contribution in [-0.2, 0) is 9.53 Å². The van der Waals surface area contributed by atoms with E-state index in [9.17, 15) is 4.79 Å². The Labute approximate surface area is 194 Å². The SMILES string of the molecule is CCC(CC)C(CNC(=NC)N1CCC(CC(=O)NC)CC1)N1CCOCC1.I. The van der Waals surface area contributed by atoms with Crippen LogP contribution >= 0.6 is 24.0 Å². The van der Waals surface area contributed by atoms with Crippen molar-refractivity contribution in [1.82, 2.24) is 20.4 Å². The molecule has 2 rings (SSSR count). The van der Waals surface area contributed by atoms with Crippen molar-refractivity contribution in [3.8, 4) is 0 Å². The molecule has 7 nitrogen and oxygen atoms in total. The zero-order valence-electron chi connectivity index (χ0n) is 18.8. The Hall–Kier alpha value is -0.610. The summed E-state index contributed by atoms with van der Waals surface area (Å²) in [5.41, 5.74) is 0. The van der Waals surface area contributed by atoms with Crippen LogP contribution in [0.15, 0.2) is 4.99 Å². The molecule has 0 aliphatic carbocycles. The number of likely N-dealkylation sites (tertiary alicyclic amines) is 1. The van der Waals surface area contributed by atoms with E-state index in [1.165, 1.54) is 12.8 Å². The Morgan fingerprint density at radius 2 is 1.76 bits per heavy atom. The number of halogens is 1. The third kappa shape index (κ3) is 8.20. The van der Waals surface area contributed by atoms with E-state index in [0.717, 1.165) is 64.7 Å². The molecule has 1 amide bonds. The minimum Gasteiger partial charge on any atom is -0.379 e. The molecule has 0 bridgehead atoms. The first-order valence-electron chi connectivity index (χ1n) is 11.1. The Kier molecular flexibility index (Phi) is 13.1. The monoisotopic (exact) mass is 523 g/mol. The molecule has 2 aliphatic heterocycles. The first kappa shape index (κ1) is 26.4. The van der Waals surface area contributed by atoms with Gasteiger partial charge in [-0.25, -0.2) is 0 Å². The lowest BCUT2D eigenvalue weighted by Gasteiger charge is -2.40. The zero-order chi connectivity index (χ0) is 20.4. The highest BCUT2D eigenvalue weighted by molar-refractivity contribution is 14.0. The van der Waals surface area contributed by atoms with E-state index in [-0.39, 0.29) is 29.9 Å². The van der Waals surface area contributed by atoms with Gasteiger partial charge in [0.2, 0.25) is 5.91 Å². The summed E-state index contributed by atoms with van der Waals surface area (Å²) in [5.74, 6) is 2.32. The fourth-order valence-corrected chi connectivity index (χ4v) is 4.58. The molecule has 8 heteroatoms. The van der Waals surface area contributed by atoms with Gasteiger partial charge < -0.3 is 20.3 Å². The van der Waals surface area contributed by atoms with Crippen molar-refractivity contribution in [1.29, 1.82) is 0 Å². The number of rotatable bonds is 8. The molecule has 1 unspecified atom stereocenters. The lowest BCUT2D eigenvalue weighted by atomic mass is 9.92. The molecule has 1 atom stereocenters. The van der Waals surface area contributed by atoms with Crippen molar-refractivity contribution in [2.45, 2.75) is 52.0 Å². The van der Waals surface area contributed by atoms with Gasteiger partial charge in [0.15, 0.2) is 5.96 Å². The lowest BCUT2D eigenvalue weighted by molar-refractivity contribution is -0.121. The number of amides is 1. The highest BCUT2D eigenvalue weighted by atomic mass is 127. The number of nitrogens with zero attached hydrogens (tertiary/aromatic N) is 3. The molecule has 2 N–H and O–H groups in total. The fraction of sp³-hybridized carbons (Fsp3) is 0.905. The molecule has 0 aromatic carbocycles. The van der Waals surface area contributed by atoms with Crippen molar-refractivity contribution in [3.05, 3.63) is 0 Å². The molecule has 170 valence electrons. The first-order valence-corrected chi connectivity index (χ1v) is 11.1. The van der Waals surface area contributed by atoms with E-state index in [1.807, 2.05) is 7.05 Å². The average molecular weight is 524 g/mol. The third-order valence-corrected chi connectivity index (χ3v) is 6.46. The smallest absolute Gasteiger partial charge is 0.220 e. The van der Waals surface area contributed by atoms with Crippen LogP contribution in [0.25, 0.3) is 0 Å². The van der Waals surface area contributed by atoms with Gasteiger partial charge in [0.1, 0.15) is 0 Å². The Morgan fingerprint density at radius 3 is 2.28 bits per heavy atom. The number of piperidine rings is 1. The summed E-state index contributed by atoms with van der Waals surface area (Å²) in [4.78, 5) is 21.1. The molecule has 0 aromatic rings. The summed E-state index contributed by atoms with van der Waals surface area (Å²) < 4.78 is 5.56. The van der Waals surface area contributed by atoms with Crippen molar-refractivity contribution >= 4 is 35.8 Å². The largest absolute Gasteiger partial charge is 0.379 e. The highest BCUT2D eigenvalue weighted by Gasteiger charge is 2.28. The van der Waals surface area contributed by atoms with Gasteiger partial charge in [0.05, 0.1) is 13.2 Å². The van der Waals surface area contributed by atoms with Gasteiger partial charge in [-0.3, -0.25) is 14.7 Å². The van der Waals surface area contributed by atoms with E-state index >= 15 is 0 Å². The Morgan fingerprint density at radius 1 is 1.14 bits per heavy atom. The van der Waals surface area contributed by atoms with Gasteiger partial charge in [0, 0.05) is 59.3 Å². The summed E-state index contributed by atoms with van der Waals surface area (Å²) in [6.45, 7) is 11.2. The third-order valence-electron chi connectivity index (χ3n) is 6.46. The molecule has 0 spiro atoms. The van der Waals surface area contributed by atoms with E-state index in [1.54, 1.807) is 7.05 Å². The summed E-state index contributed by atoms with van der Waals surface area (Å²) in [6, 6.07) is 0.515. The van der Waals surface area contributed by atoms with Crippen LogP contribution in [0.3, 0.4) is 0 Å². The topological polar surface area (TPSA) is 69.2 Å². The van der Waals surface area contributed by atoms with Crippen LogP contribution in [0.2, 0.25) is 0 Å². The molecule has 2 saturated heterocycles. The molecule has 0 radical (unpaired) electrons. The van der Waals surface area contributed by atoms with E-state index in [0.29, 0.717) is 24.3 Å². The summed E-state index contributed by atoms with van der Waals surface area (Å²) >= 11 is 0. The van der Waals surface area contributed by atoms with Crippen LogP contribution in [0.5, 0.6) is 0 Å². The van der Waals surface area contributed by atoms with Gasteiger partial charge in [-0.15, -0.1) is 24.0 Å². The second-order valence-corrected chi connectivity index (χ2v) is 8.03. The maximum Gasteiger partial charge on any atom is 0.220 e. The number of hydrogen-bond donors (Lipinski definition) is 2. The standard InChI is InChI=1S/C21H41N5O2.HI/c1-5-18(6-2)19(25-11-13-28-14-12-25)16-24-21(23-4)26-9-7-17(8-10-26)15-20(27)22-3;/h17-19H,5-16H2,1-4H3,(H,22,27)(H,23,24);1H. The summed E-state index contributed by atoms with van der Waals surface area (Å²) in [7, 11) is 3.59. The number of aliphatic imine (C=N–C) groups is 1. The number of morpholine rings is 1. The quantitative estimate of drug-likeness (QED) is 0.290. The second-order valence-electron chi connectivity index (χ2n) is 8.03. The predicted octanol–water partition coefficient (Wildman–Crippen LogP) is 2.16. The molecular formula is C21H42IN5O2. The maximum absolute atomic E-state index is 11.6. The number of carbonyl (C=O) groups is 1. The first-order chi connectivity index (χ1) is 13.6. The van der Waals surface area contributed by atoms with Crippen molar-refractivity contribution in [2.24, 2.45) is 16.8 Å². The van der Waals surface area contributed by atoms with Gasteiger partial charge in [0.25, 0.3) is 0 Å². The van der Waals surface area contributed by atoms with Crippen LogP contribution < -0.4 is 10.6 Å². The van der Waals surface area contributed by atoms with Crippen LogP contribution in [0.1, 0.15) is 46.0 Å². The van der Waals surface area contributed by atoms with Crippen LogP contribution in [0.4, 0.5) is 0 Å². The maximum atomic E-state index is 11.6. The minimum absolute atomic E-state index is 0. The van der Waals surface area contributed by atoms with Gasteiger partial charge in [-0.1, -0.05) is 26.7 Å².